The molecule has 112 heavy (non-hydrogen) atoms. The number of aliphatic hydroxyl groups is 2. The van der Waals surface area contributed by atoms with Crippen LogP contribution < -0.4 is 21.3 Å². The number of hydrogen-bond acceptors (Lipinski definition) is 16. The van der Waals surface area contributed by atoms with E-state index in [1.807, 2.05) is 83.5 Å². The van der Waals surface area contributed by atoms with Gasteiger partial charge in [0.1, 0.15) is 12.1 Å². The Morgan fingerprint density at radius 3 is 1.15 bits per heavy atom. The number of nitrogens with one attached hydrogen (secondary N) is 4. The number of amides is 6. The van der Waals surface area contributed by atoms with E-state index < -0.39 is 75.5 Å². The van der Waals surface area contributed by atoms with Crippen LogP contribution in [0.3, 0.4) is 0 Å². The molecule has 4 aromatic heterocycles. The lowest BCUT2D eigenvalue weighted by molar-refractivity contribution is -0.135. The van der Waals surface area contributed by atoms with Gasteiger partial charge in [0, 0.05) is 161 Å². The molecule has 3 atom stereocenters. The zero-order valence-electron chi connectivity index (χ0n) is 67.3. The number of aromatic nitrogens is 8. The predicted molar refractivity (Wildman–Crippen MR) is 411 cm³/mol. The molecule has 7 aromatic rings. The monoisotopic (exact) mass is 1560 g/mol. The number of benzene rings is 3. The Kier molecular flexibility index (Phi) is 26.0. The molecule has 0 unspecified atom stereocenters. The second-order valence-electron chi connectivity index (χ2n) is 34.3. The number of carbonyl (C=O) groups is 6. The van der Waals surface area contributed by atoms with E-state index in [1.54, 1.807) is 16.8 Å². The molecule has 608 valence electrons. The number of hydrogen-bond donors (Lipinski definition) is 6. The summed E-state index contributed by atoms with van der Waals surface area (Å²) in [5.41, 5.74) is 9.09. The molecule has 26 nitrogen and oxygen atoms in total. The molecule has 10 heterocycles. The molecule has 6 aliphatic rings. The van der Waals surface area contributed by atoms with Gasteiger partial charge >= 0.3 is 24.1 Å². The largest absolute Gasteiger partial charge is 0.393 e. The molecule has 3 aromatic carbocycles. The van der Waals surface area contributed by atoms with E-state index in [-0.39, 0.29) is 48.0 Å². The number of rotatable bonds is 7. The van der Waals surface area contributed by atoms with Gasteiger partial charge in [-0.2, -0.15) is 39.1 Å². The topological polar surface area (TPSA) is 282 Å². The number of piperidine rings is 1. The minimum Gasteiger partial charge on any atom is -0.393 e. The van der Waals surface area contributed by atoms with E-state index >= 15 is 0 Å². The summed E-state index contributed by atoms with van der Waals surface area (Å²) in [4.78, 5) is 89.3. The van der Waals surface area contributed by atoms with Crippen molar-refractivity contribution < 1.29 is 65.3 Å². The summed E-state index contributed by atoms with van der Waals surface area (Å²) < 4.78 is 87.0. The average Bonchev–Trinajstić information content (AvgIpc) is 1.63. The Hall–Kier alpha value is -9.34. The van der Waals surface area contributed by atoms with Crippen molar-refractivity contribution in [3.05, 3.63) is 140 Å². The minimum atomic E-state index is -0.986. The lowest BCUT2D eigenvalue weighted by atomic mass is 9.86. The molecule has 0 aliphatic carbocycles. The number of β-amino-alcohol motifs (C(OH)–C–C–N with tert-alkyl or cyclic N) is 1. The Labute approximate surface area is 650 Å². The Balaban J connectivity index is 0.000000160. The maximum Gasteiger partial charge on any atom is 0.344 e. The molecule has 2 fully saturated rings. The maximum absolute atomic E-state index is 13.9. The van der Waals surface area contributed by atoms with Crippen LogP contribution in [0.5, 0.6) is 0 Å². The number of nitrogens with zero attached hydrogens (tertiary/aromatic N) is 14. The van der Waals surface area contributed by atoms with E-state index in [9.17, 15) is 65.3 Å². The smallest absolute Gasteiger partial charge is 0.344 e. The van der Waals surface area contributed by atoms with Crippen molar-refractivity contribution in [2.24, 2.45) is 10.8 Å². The van der Waals surface area contributed by atoms with Gasteiger partial charge in [0.15, 0.2) is 34.9 Å². The van der Waals surface area contributed by atoms with Gasteiger partial charge < -0.3 is 60.9 Å². The minimum absolute atomic E-state index is 0.155. The first-order valence-electron chi connectivity index (χ1n) is 38.0. The lowest BCUT2D eigenvalue weighted by Crippen LogP contribution is -2.55. The van der Waals surface area contributed by atoms with Gasteiger partial charge in [0.25, 0.3) is 0 Å². The van der Waals surface area contributed by atoms with Crippen molar-refractivity contribution >= 4 is 35.9 Å². The number of fused-ring (bicyclic) bond motifs is 4. The summed E-state index contributed by atoms with van der Waals surface area (Å²) >= 11 is 0. The summed E-state index contributed by atoms with van der Waals surface area (Å²) in [5, 5.41) is 48.9. The second-order valence-corrected chi connectivity index (χ2v) is 34.3. The van der Waals surface area contributed by atoms with Crippen LogP contribution in [-0.2, 0) is 66.9 Å². The fourth-order valence-electron chi connectivity index (χ4n) is 14.6. The van der Waals surface area contributed by atoms with Crippen LogP contribution in [0.15, 0.2) is 54.6 Å². The zero-order chi connectivity index (χ0) is 82.1. The lowest BCUT2D eigenvalue weighted by Gasteiger charge is -2.33. The summed E-state index contributed by atoms with van der Waals surface area (Å²) in [7, 11) is 9.55. The summed E-state index contributed by atoms with van der Waals surface area (Å²) in [6.45, 7) is 30.7. The third kappa shape index (κ3) is 19.6. The van der Waals surface area contributed by atoms with Crippen molar-refractivity contribution in [2.75, 3.05) is 87.6 Å². The molecule has 0 spiro atoms. The highest BCUT2D eigenvalue weighted by molar-refractivity contribution is 5.90. The fourth-order valence-corrected chi connectivity index (χ4v) is 14.6. The third-order valence-electron chi connectivity index (χ3n) is 20.8. The van der Waals surface area contributed by atoms with Gasteiger partial charge in [-0.05, 0) is 134 Å². The number of carbonyl (C=O) groups excluding carboxylic acids is 6. The third-order valence-corrected chi connectivity index (χ3v) is 20.8. The SMILES string of the molecule is CN1CCc2c(c(-c3ccc(F)c(F)c3)nn2C(=O)N2CCC(O)CC2)C1.CN1CCc2c(c(-c3ccc(F)c(F)c3)nn2C(=O)NC(C)(C)C)C1.CN1CCc2c(c(-c3ccc(F)c(F)c3)nn2C(=O)N[C@H](C(=O)N2CC[C@H](O)C2)C(C)(C)C)C1.CNC(=O)[C@@H](NC(=O)n1nc(C(C)(C)C)c2c1CCN(C)C2)C(C)(C)C. The molecule has 2 saturated heterocycles. The van der Waals surface area contributed by atoms with Gasteiger partial charge in [-0.1, -0.05) is 62.3 Å². The van der Waals surface area contributed by atoms with E-state index in [2.05, 4.69) is 89.1 Å². The standard InChI is InChI=1S/C24H31F2N5O3.C19H22F2N4O2.C19H33N5O2.C18H22F2N4O/c1-24(2,3)21(22(33)30-10-7-15(32)12-30)27-23(34)31-19-8-9-29(4)13-16(19)20(28-31)14-5-6-17(25)18(26)11-14;1-23-7-6-17-14(11-23)18(12-2-3-15(20)16(21)10-12)22-25(17)19(27)24-8-4-13(26)5-9-24;1-18(2,3)14-12-11-23(8)10-9-13(12)24(22-14)17(26)21-15(16(25)20-7)19(4,5)6;1-18(2,3)21-17(25)24-15-7-8-23(4)10-12(15)16(22-24)11-5-6-13(19)14(20)9-11/h5-6,11,15,21,32H,7-10,12-13H2,1-4H3,(H,27,34);2-3,10,13,26H,4-9,11H2,1H3;15H,9-11H2,1-8H3,(H,20,25)(H,21,26);5-6,9H,7-8,10H2,1-4H3,(H,21,25)/t15-,21+;;15-;/m0.1./s1. The number of likely N-dealkylation sites (N-methyl/N-ethyl adjacent to an activating group) is 5. The molecule has 13 rings (SSSR count). The first-order chi connectivity index (χ1) is 52.4. The van der Waals surface area contributed by atoms with Crippen molar-refractivity contribution in [1.29, 1.82) is 0 Å². The van der Waals surface area contributed by atoms with Crippen molar-refractivity contribution in [1.82, 2.24) is 89.8 Å². The van der Waals surface area contributed by atoms with E-state index in [0.717, 1.165) is 114 Å². The zero-order valence-corrected chi connectivity index (χ0v) is 67.3. The molecule has 0 radical (unpaired) electrons. The molecule has 6 amide bonds. The molecular formula is C80H108F6N18O8. The normalized spacial score (nSPS) is 17.7. The van der Waals surface area contributed by atoms with Gasteiger partial charge in [-0.25, -0.2) is 45.5 Å². The van der Waals surface area contributed by atoms with Crippen LogP contribution in [0, 0.1) is 45.7 Å². The van der Waals surface area contributed by atoms with Crippen molar-refractivity contribution in [3.8, 4) is 33.8 Å². The molecule has 6 N–H and O–H groups in total. The van der Waals surface area contributed by atoms with Gasteiger partial charge in [0.05, 0.1) is 57.8 Å². The highest BCUT2D eigenvalue weighted by Crippen LogP contribution is 2.37. The van der Waals surface area contributed by atoms with E-state index in [0.29, 0.717) is 124 Å². The Bertz CT molecular complexity index is 4650. The molecule has 0 saturated carbocycles. The number of likely N-dealkylation sites (tertiary alicyclic amines) is 2. The van der Waals surface area contributed by atoms with Gasteiger partial charge in [-0.3, -0.25) is 9.59 Å². The summed E-state index contributed by atoms with van der Waals surface area (Å²) in [6.07, 6.45) is 3.31. The average molecular weight is 1560 g/mol. The Morgan fingerprint density at radius 1 is 0.438 bits per heavy atom. The predicted octanol–water partition coefficient (Wildman–Crippen LogP) is 9.68. The van der Waals surface area contributed by atoms with Gasteiger partial charge in [0.2, 0.25) is 11.8 Å². The second kappa shape index (κ2) is 34.2. The molecule has 32 heteroatoms. The number of halogens is 6. The summed E-state index contributed by atoms with van der Waals surface area (Å²) in [5.74, 6) is -6.07. The Morgan fingerprint density at radius 2 is 0.786 bits per heavy atom. The highest BCUT2D eigenvalue weighted by atomic mass is 19.2. The van der Waals surface area contributed by atoms with Gasteiger partial charge in [-0.15, -0.1) is 0 Å². The van der Waals surface area contributed by atoms with Crippen molar-refractivity contribution in [3.63, 3.8) is 0 Å². The first kappa shape index (κ1) is 85.1. The van der Waals surface area contributed by atoms with E-state index in [1.165, 1.54) is 36.9 Å². The number of aliphatic hydroxyl groups excluding tert-OH is 2. The molecule has 6 aliphatic heterocycles. The van der Waals surface area contributed by atoms with Crippen LogP contribution in [-0.4, -0.2) is 232 Å². The van der Waals surface area contributed by atoms with Crippen LogP contribution in [0.4, 0.5) is 45.5 Å². The molecular weight excluding hydrogens is 1450 g/mol. The maximum atomic E-state index is 13.9. The van der Waals surface area contributed by atoms with Crippen LogP contribution in [0.1, 0.15) is 153 Å². The van der Waals surface area contributed by atoms with Crippen LogP contribution in [0.25, 0.3) is 33.8 Å². The quantitative estimate of drug-likeness (QED) is 0.0810. The first-order valence-corrected chi connectivity index (χ1v) is 38.0. The fraction of sp³-hybridized carbons (Fsp3) is 0.550. The van der Waals surface area contributed by atoms with Crippen LogP contribution >= 0.6 is 0 Å². The van der Waals surface area contributed by atoms with Crippen LogP contribution in [0.2, 0.25) is 0 Å². The molecule has 0 bridgehead atoms. The van der Waals surface area contributed by atoms with Crippen molar-refractivity contribution in [2.45, 2.75) is 189 Å². The van der Waals surface area contributed by atoms with E-state index in [4.69, 9.17) is 0 Å². The summed E-state index contributed by atoms with van der Waals surface area (Å²) in [6, 6.07) is 8.04. The highest BCUT2D eigenvalue weighted by Gasteiger charge is 2.41.